The Labute approximate surface area is 122 Å². The smallest absolute Gasteiger partial charge is 0.316 e. The van der Waals surface area contributed by atoms with Gasteiger partial charge in [0.15, 0.2) is 0 Å². The van der Waals surface area contributed by atoms with Crippen LogP contribution in [0.3, 0.4) is 0 Å². The Balaban J connectivity index is 1.94. The van der Waals surface area contributed by atoms with E-state index in [2.05, 4.69) is 9.97 Å². The summed E-state index contributed by atoms with van der Waals surface area (Å²) in [6.45, 7) is 5.55. The molecule has 0 aromatic carbocycles. The van der Waals surface area contributed by atoms with E-state index in [-0.39, 0.29) is 11.7 Å². The fourth-order valence-electron chi connectivity index (χ4n) is 1.52. The molecule has 2 rings (SSSR count). The lowest BCUT2D eigenvalue weighted by Crippen LogP contribution is -2.24. The minimum Gasteiger partial charge on any atom is -0.459 e. The van der Waals surface area contributed by atoms with Crippen LogP contribution in [0.2, 0.25) is 5.15 Å². The molecular formula is C13H17ClN2O2S. The van der Waals surface area contributed by atoms with Gasteiger partial charge >= 0.3 is 5.97 Å². The van der Waals surface area contributed by atoms with E-state index < -0.39 is 5.60 Å². The zero-order chi connectivity index (χ0) is 14.0. The number of carbonyl (C=O) groups is 1. The molecule has 1 fully saturated rings. The van der Waals surface area contributed by atoms with Gasteiger partial charge in [-0.1, -0.05) is 23.4 Å². The predicted octanol–water partition coefficient (Wildman–Crippen LogP) is 3.44. The summed E-state index contributed by atoms with van der Waals surface area (Å²) < 4.78 is 5.24. The van der Waals surface area contributed by atoms with Crippen molar-refractivity contribution in [1.29, 1.82) is 0 Å². The summed E-state index contributed by atoms with van der Waals surface area (Å²) >= 11 is 7.30. The molecule has 0 unspecified atom stereocenters. The number of aromatic nitrogens is 2. The van der Waals surface area contributed by atoms with E-state index in [0.717, 1.165) is 23.7 Å². The van der Waals surface area contributed by atoms with Crippen molar-refractivity contribution in [3.05, 3.63) is 17.0 Å². The number of hydrogen-bond acceptors (Lipinski definition) is 5. The summed E-state index contributed by atoms with van der Waals surface area (Å²) in [6, 6.07) is 1.68. The van der Waals surface area contributed by atoms with Crippen LogP contribution < -0.4 is 0 Å². The summed E-state index contributed by atoms with van der Waals surface area (Å²) in [4.78, 5) is 20.3. The van der Waals surface area contributed by atoms with Gasteiger partial charge in [-0.25, -0.2) is 9.97 Å². The van der Waals surface area contributed by atoms with Gasteiger partial charge in [0.05, 0.1) is 5.75 Å². The zero-order valence-electron chi connectivity index (χ0n) is 11.3. The van der Waals surface area contributed by atoms with E-state index >= 15 is 0 Å². The summed E-state index contributed by atoms with van der Waals surface area (Å²) in [5, 5.41) is 1.16. The highest BCUT2D eigenvalue weighted by molar-refractivity contribution is 7.99. The Hall–Kier alpha value is -0.810. The molecule has 0 bridgehead atoms. The molecule has 19 heavy (non-hydrogen) atoms. The van der Waals surface area contributed by atoms with Crippen LogP contribution >= 0.6 is 23.4 Å². The number of halogens is 1. The Morgan fingerprint density at radius 3 is 2.74 bits per heavy atom. The van der Waals surface area contributed by atoms with Crippen LogP contribution in [0, 0.1) is 0 Å². The summed E-state index contributed by atoms with van der Waals surface area (Å²) in [5.74, 6) is 1.22. The molecule has 1 aromatic heterocycles. The van der Waals surface area contributed by atoms with Crippen molar-refractivity contribution in [2.24, 2.45) is 0 Å². The third-order valence-corrected chi connectivity index (χ3v) is 3.47. The Morgan fingerprint density at radius 2 is 2.16 bits per heavy atom. The quantitative estimate of drug-likeness (QED) is 0.484. The second-order valence-electron chi connectivity index (χ2n) is 5.54. The van der Waals surface area contributed by atoms with Crippen LogP contribution in [-0.4, -0.2) is 27.3 Å². The molecule has 0 saturated heterocycles. The molecule has 0 amide bonds. The highest BCUT2D eigenvalue weighted by atomic mass is 35.5. The van der Waals surface area contributed by atoms with Gasteiger partial charge in [-0.3, -0.25) is 4.79 Å². The van der Waals surface area contributed by atoms with E-state index in [9.17, 15) is 4.79 Å². The normalized spacial score (nSPS) is 15.4. The first-order valence-electron chi connectivity index (χ1n) is 6.22. The van der Waals surface area contributed by atoms with E-state index in [1.807, 2.05) is 20.8 Å². The van der Waals surface area contributed by atoms with Gasteiger partial charge in [0.25, 0.3) is 0 Å². The van der Waals surface area contributed by atoms with Crippen LogP contribution in [0.15, 0.2) is 11.1 Å². The number of rotatable bonds is 4. The molecule has 104 valence electrons. The number of hydrogen-bond donors (Lipinski definition) is 0. The summed E-state index contributed by atoms with van der Waals surface area (Å²) in [6.07, 6.45) is 2.24. The summed E-state index contributed by atoms with van der Waals surface area (Å²) in [5.41, 5.74) is -0.458. The second-order valence-corrected chi connectivity index (χ2v) is 6.92. The largest absolute Gasteiger partial charge is 0.459 e. The lowest BCUT2D eigenvalue weighted by molar-refractivity contribution is -0.151. The first-order chi connectivity index (χ1) is 8.83. The standard InChI is InChI=1S/C13H17ClN2O2S/c1-13(2,3)18-11(17)7-19-10-6-9(14)15-12(16-10)8-4-5-8/h6,8H,4-5,7H2,1-3H3. The third-order valence-electron chi connectivity index (χ3n) is 2.39. The van der Waals surface area contributed by atoms with Crippen molar-refractivity contribution < 1.29 is 9.53 Å². The lowest BCUT2D eigenvalue weighted by atomic mass is 10.2. The molecule has 1 saturated carbocycles. The molecule has 1 aromatic rings. The van der Waals surface area contributed by atoms with Crippen molar-refractivity contribution >= 4 is 29.3 Å². The maximum atomic E-state index is 11.6. The van der Waals surface area contributed by atoms with Gasteiger partial charge in [-0.15, -0.1) is 0 Å². The van der Waals surface area contributed by atoms with E-state index in [1.165, 1.54) is 11.8 Å². The fourth-order valence-corrected chi connectivity index (χ4v) is 2.45. The molecule has 4 nitrogen and oxygen atoms in total. The van der Waals surface area contributed by atoms with Crippen molar-refractivity contribution in [3.8, 4) is 0 Å². The van der Waals surface area contributed by atoms with E-state index in [0.29, 0.717) is 11.1 Å². The van der Waals surface area contributed by atoms with Crippen LogP contribution in [0.4, 0.5) is 0 Å². The summed E-state index contributed by atoms with van der Waals surface area (Å²) in [7, 11) is 0. The molecule has 1 aliphatic carbocycles. The van der Waals surface area contributed by atoms with Crippen LogP contribution in [0.1, 0.15) is 45.4 Å². The highest BCUT2D eigenvalue weighted by Gasteiger charge is 2.27. The van der Waals surface area contributed by atoms with Gasteiger partial charge in [-0.2, -0.15) is 0 Å². The fraction of sp³-hybridized carbons (Fsp3) is 0.615. The van der Waals surface area contributed by atoms with Crippen LogP contribution in [0.25, 0.3) is 0 Å². The highest BCUT2D eigenvalue weighted by Crippen LogP contribution is 2.39. The minimum absolute atomic E-state index is 0.231. The number of nitrogens with zero attached hydrogens (tertiary/aromatic N) is 2. The first kappa shape index (κ1) is 14.6. The second kappa shape index (κ2) is 5.67. The van der Waals surface area contributed by atoms with E-state index in [4.69, 9.17) is 16.3 Å². The van der Waals surface area contributed by atoms with Gasteiger partial charge in [-0.05, 0) is 33.6 Å². The third kappa shape index (κ3) is 4.99. The molecule has 1 heterocycles. The number of esters is 1. The Bertz CT molecular complexity index is 484. The van der Waals surface area contributed by atoms with Crippen molar-refractivity contribution in [3.63, 3.8) is 0 Å². The van der Waals surface area contributed by atoms with Gasteiger partial charge in [0.1, 0.15) is 21.6 Å². The maximum Gasteiger partial charge on any atom is 0.316 e. The zero-order valence-corrected chi connectivity index (χ0v) is 12.8. The number of thioether (sulfide) groups is 1. The monoisotopic (exact) mass is 300 g/mol. The molecular weight excluding hydrogens is 284 g/mol. The minimum atomic E-state index is -0.458. The number of carbonyl (C=O) groups excluding carboxylic acids is 1. The van der Waals surface area contributed by atoms with Crippen LogP contribution in [0.5, 0.6) is 0 Å². The molecule has 0 atom stereocenters. The van der Waals surface area contributed by atoms with Crippen molar-refractivity contribution in [2.75, 3.05) is 5.75 Å². The van der Waals surface area contributed by atoms with Gasteiger partial charge < -0.3 is 4.74 Å². The number of ether oxygens (including phenoxy) is 1. The van der Waals surface area contributed by atoms with Crippen LogP contribution in [-0.2, 0) is 9.53 Å². The average molecular weight is 301 g/mol. The lowest BCUT2D eigenvalue weighted by Gasteiger charge is -2.19. The van der Waals surface area contributed by atoms with Gasteiger partial charge in [0.2, 0.25) is 0 Å². The average Bonchev–Trinajstić information content (AvgIpc) is 3.07. The molecule has 6 heteroatoms. The molecule has 0 spiro atoms. The molecule has 1 aliphatic rings. The SMILES string of the molecule is CC(C)(C)OC(=O)CSc1cc(Cl)nc(C2CC2)n1. The Morgan fingerprint density at radius 1 is 1.47 bits per heavy atom. The maximum absolute atomic E-state index is 11.6. The Kier molecular flexibility index (Phi) is 4.36. The van der Waals surface area contributed by atoms with Crippen molar-refractivity contribution in [1.82, 2.24) is 9.97 Å². The topological polar surface area (TPSA) is 52.1 Å². The first-order valence-corrected chi connectivity index (χ1v) is 7.59. The predicted molar refractivity (Wildman–Crippen MR) is 75.6 cm³/mol. The van der Waals surface area contributed by atoms with Crippen molar-refractivity contribution in [2.45, 2.75) is 50.2 Å². The molecule has 0 radical (unpaired) electrons. The molecule has 0 aliphatic heterocycles. The van der Waals surface area contributed by atoms with Gasteiger partial charge in [0, 0.05) is 12.0 Å². The molecule has 0 N–H and O–H groups in total. The van der Waals surface area contributed by atoms with E-state index in [1.54, 1.807) is 6.07 Å².